The van der Waals surface area contributed by atoms with Crippen LogP contribution in [0.3, 0.4) is 0 Å². The molecular weight excluding hydrogens is 265 g/mol. The average Bonchev–Trinajstić information content (AvgIpc) is 2.17. The maximum atomic E-state index is 11.3. The van der Waals surface area contributed by atoms with Gasteiger partial charge < -0.3 is 5.11 Å². The molecule has 0 spiro atoms. The first kappa shape index (κ1) is 17.9. The molecule has 0 atom stereocenters. The van der Waals surface area contributed by atoms with Crippen LogP contribution in [0.4, 0.5) is 5.69 Å². The van der Waals surface area contributed by atoms with Gasteiger partial charge in [0.05, 0.1) is 5.69 Å². The van der Waals surface area contributed by atoms with E-state index in [-0.39, 0.29) is 30.3 Å². The second kappa shape index (κ2) is 6.87. The average molecular weight is 277 g/mol. The molecule has 19 heavy (non-hydrogen) atoms. The summed E-state index contributed by atoms with van der Waals surface area (Å²) in [6.45, 7) is 2.86. The van der Waals surface area contributed by atoms with E-state index in [1.54, 1.807) is 13.0 Å². The molecule has 1 N–H and O–H groups in total. The fourth-order valence-electron chi connectivity index (χ4n) is 1.31. The van der Waals surface area contributed by atoms with Crippen molar-refractivity contribution in [2.75, 3.05) is 0 Å². The zero-order valence-electron chi connectivity index (χ0n) is 10.9. The van der Waals surface area contributed by atoms with Crippen molar-refractivity contribution in [1.82, 2.24) is 0 Å². The van der Waals surface area contributed by atoms with Gasteiger partial charge in [-0.2, -0.15) is 8.42 Å². The molecule has 0 aromatic heterocycles. The predicted octanol–water partition coefficient (Wildman–Crippen LogP) is -2.38. The molecule has 0 unspecified atom stereocenters. The molecule has 1 aromatic carbocycles. The number of ketones is 1. The summed E-state index contributed by atoms with van der Waals surface area (Å²) in [6, 6.07) is 4.06. The number of carbonyl (C=O) groups is 1. The van der Waals surface area contributed by atoms with Gasteiger partial charge in [-0.3, -0.25) is 14.3 Å². The Hall–Kier alpha value is -1.13. The third-order valence-electron chi connectivity index (χ3n) is 2.04. The Morgan fingerprint density at radius 2 is 2.00 bits per heavy atom. The number of aliphatic imine (C=N–C) groups is 1. The van der Waals surface area contributed by atoms with E-state index in [1.165, 1.54) is 19.1 Å². The summed E-state index contributed by atoms with van der Waals surface area (Å²) in [7, 11) is -4.46. The molecule has 0 fully saturated rings. The maximum absolute atomic E-state index is 11.3. The van der Waals surface area contributed by atoms with Crippen LogP contribution in [0.2, 0.25) is 0 Å². The Morgan fingerprint density at radius 3 is 2.47 bits per heavy atom. The molecule has 0 saturated carbocycles. The Kier molecular flexibility index (Phi) is 6.46. The second-order valence-corrected chi connectivity index (χ2v) is 5.22. The molecule has 0 aliphatic heterocycles. The van der Waals surface area contributed by atoms with E-state index < -0.39 is 27.3 Å². The number of hydrogen-bond donors (Lipinski definition) is 1. The standard InChI is InChI=1S/C11H13NO5S.Li/c1-7-3-4-9(10(5-7)18(15,16)17)12-11(14)6-8(2)13;/h3-5H,6H2,1-2H3,(H,12,14)(H,15,16,17);/q;+1/p-1. The summed E-state index contributed by atoms with van der Waals surface area (Å²) in [4.78, 5) is 13.8. The smallest absolute Gasteiger partial charge is 0.861 e. The van der Waals surface area contributed by atoms with Gasteiger partial charge in [0, 0.05) is 6.42 Å². The van der Waals surface area contributed by atoms with Gasteiger partial charge >= 0.3 is 18.9 Å². The molecule has 1 aromatic rings. The first-order valence-corrected chi connectivity index (χ1v) is 6.46. The van der Waals surface area contributed by atoms with Gasteiger partial charge in [-0.05, 0) is 37.4 Å². The zero-order chi connectivity index (χ0) is 13.9. The molecule has 0 bridgehead atoms. The summed E-state index contributed by atoms with van der Waals surface area (Å²) in [5.74, 6) is -1.12. The largest absolute Gasteiger partial charge is 1.00 e. The zero-order valence-corrected chi connectivity index (χ0v) is 11.7. The third-order valence-corrected chi connectivity index (χ3v) is 2.92. The topological polar surface area (TPSA) is 107 Å². The van der Waals surface area contributed by atoms with E-state index in [4.69, 9.17) is 4.55 Å². The van der Waals surface area contributed by atoms with Crippen LogP contribution in [0.1, 0.15) is 18.9 Å². The second-order valence-electron chi connectivity index (χ2n) is 3.83. The van der Waals surface area contributed by atoms with Crippen molar-refractivity contribution >= 4 is 27.5 Å². The van der Waals surface area contributed by atoms with Gasteiger partial charge in [0.2, 0.25) is 0 Å². The van der Waals surface area contributed by atoms with Gasteiger partial charge in [-0.25, -0.2) is 0 Å². The van der Waals surface area contributed by atoms with E-state index in [0.717, 1.165) is 0 Å². The number of benzene rings is 1. The molecule has 8 heteroatoms. The van der Waals surface area contributed by atoms with Crippen molar-refractivity contribution in [2.24, 2.45) is 4.99 Å². The van der Waals surface area contributed by atoms with Gasteiger partial charge in [0.15, 0.2) is 0 Å². The first-order valence-electron chi connectivity index (χ1n) is 5.02. The van der Waals surface area contributed by atoms with Crippen LogP contribution in [0.15, 0.2) is 28.1 Å². The Labute approximate surface area is 123 Å². The molecule has 0 aliphatic rings. The summed E-state index contributed by atoms with van der Waals surface area (Å²) in [5, 5.41) is 11.3. The summed E-state index contributed by atoms with van der Waals surface area (Å²) < 4.78 is 31.3. The van der Waals surface area contributed by atoms with E-state index in [2.05, 4.69) is 4.99 Å². The van der Waals surface area contributed by atoms with Gasteiger partial charge in [0.1, 0.15) is 10.7 Å². The van der Waals surface area contributed by atoms with Crippen LogP contribution < -0.4 is 24.0 Å². The minimum atomic E-state index is -4.46. The van der Waals surface area contributed by atoms with Crippen molar-refractivity contribution in [3.05, 3.63) is 23.8 Å². The minimum Gasteiger partial charge on any atom is -0.861 e. The molecule has 0 radical (unpaired) electrons. The summed E-state index contributed by atoms with van der Waals surface area (Å²) in [6.07, 6.45) is -0.404. The monoisotopic (exact) mass is 277 g/mol. The van der Waals surface area contributed by atoms with Crippen LogP contribution in [-0.2, 0) is 14.9 Å². The molecule has 98 valence electrons. The number of rotatable bonds is 4. The van der Waals surface area contributed by atoms with Crippen molar-refractivity contribution in [2.45, 2.75) is 25.2 Å². The summed E-state index contributed by atoms with van der Waals surface area (Å²) >= 11 is 0. The first-order chi connectivity index (χ1) is 8.20. The van der Waals surface area contributed by atoms with Gasteiger partial charge in [-0.15, -0.1) is 0 Å². The summed E-state index contributed by atoms with van der Waals surface area (Å²) in [5.41, 5.74) is 0.426. The number of Topliss-reactive ketones (excluding diaryl/α,β-unsaturated/α-hetero) is 1. The van der Waals surface area contributed by atoms with Crippen LogP contribution in [0.25, 0.3) is 0 Å². The number of carbonyl (C=O) groups excluding carboxylic acids is 1. The third kappa shape index (κ3) is 5.57. The van der Waals surface area contributed by atoms with E-state index in [1.807, 2.05) is 0 Å². The molecule has 1 rings (SSSR count). The predicted molar refractivity (Wildman–Crippen MR) is 63.4 cm³/mol. The number of aryl methyl sites for hydroxylation is 1. The van der Waals surface area contributed by atoms with E-state index >= 15 is 0 Å². The van der Waals surface area contributed by atoms with Gasteiger partial charge in [-0.1, -0.05) is 6.07 Å². The fourth-order valence-corrected chi connectivity index (χ4v) is 2.02. The van der Waals surface area contributed by atoms with Crippen LogP contribution in [-0.4, -0.2) is 24.7 Å². The molecule has 6 nitrogen and oxygen atoms in total. The Balaban J connectivity index is 0.00000324. The van der Waals surface area contributed by atoms with E-state index in [0.29, 0.717) is 5.56 Å². The van der Waals surface area contributed by atoms with E-state index in [9.17, 15) is 18.3 Å². The van der Waals surface area contributed by atoms with Crippen molar-refractivity contribution in [3.63, 3.8) is 0 Å². The molecule has 0 aliphatic carbocycles. The van der Waals surface area contributed by atoms with Gasteiger partial charge in [0.25, 0.3) is 10.1 Å². The minimum absolute atomic E-state index is 0. The van der Waals surface area contributed by atoms with Crippen LogP contribution in [0.5, 0.6) is 0 Å². The van der Waals surface area contributed by atoms with Crippen molar-refractivity contribution in [3.8, 4) is 0 Å². The molecule has 0 saturated heterocycles. The molecular formula is C11H12LiNO5S. The SMILES string of the molecule is CC(=O)CC([O-])=Nc1ccc(C)cc1S(=O)(=O)O.[Li+]. The van der Waals surface area contributed by atoms with Crippen molar-refractivity contribution < 1.29 is 41.7 Å². The van der Waals surface area contributed by atoms with Crippen molar-refractivity contribution in [1.29, 1.82) is 0 Å². The quantitative estimate of drug-likeness (QED) is 0.286. The number of hydrogen-bond acceptors (Lipinski definition) is 5. The van der Waals surface area contributed by atoms with Crippen LogP contribution >= 0.6 is 0 Å². The maximum Gasteiger partial charge on any atom is 1.00 e. The number of nitrogens with zero attached hydrogens (tertiary/aromatic N) is 1. The molecule has 0 amide bonds. The molecule has 0 heterocycles. The Bertz CT molecular complexity index is 610. The van der Waals surface area contributed by atoms with Crippen LogP contribution in [0, 0.1) is 6.92 Å². The normalized spacial score (nSPS) is 11.8. The Morgan fingerprint density at radius 1 is 1.42 bits per heavy atom. The fraction of sp³-hybridized carbons (Fsp3) is 0.273.